The Morgan fingerprint density at radius 3 is 2.55 bits per heavy atom. The highest BCUT2D eigenvalue weighted by Crippen LogP contribution is 2.18. The van der Waals surface area contributed by atoms with E-state index in [1.165, 1.54) is 5.56 Å². The van der Waals surface area contributed by atoms with Crippen LogP contribution < -0.4 is 5.32 Å². The van der Waals surface area contributed by atoms with Crippen LogP contribution in [0.15, 0.2) is 30.3 Å². The van der Waals surface area contributed by atoms with Gasteiger partial charge in [0.1, 0.15) is 6.04 Å². The predicted molar refractivity (Wildman–Crippen MR) is 82.0 cm³/mol. The summed E-state index contributed by atoms with van der Waals surface area (Å²) in [5.41, 5.74) is 1.18. The molecule has 3 rings (SSSR count). The Hall–Kier alpha value is -1.88. The molecule has 0 radical (unpaired) electrons. The molecular weight excluding hydrogens is 280 g/mol. The van der Waals surface area contributed by atoms with Crippen LogP contribution in [0.25, 0.3) is 0 Å². The van der Waals surface area contributed by atoms with E-state index in [0.29, 0.717) is 32.5 Å². The van der Waals surface area contributed by atoms with Crippen LogP contribution in [0.1, 0.15) is 31.2 Å². The Morgan fingerprint density at radius 2 is 1.91 bits per heavy atom. The van der Waals surface area contributed by atoms with Crippen molar-refractivity contribution in [2.75, 3.05) is 13.1 Å². The van der Waals surface area contributed by atoms with Gasteiger partial charge in [0.15, 0.2) is 0 Å². The number of carbonyl (C=O) groups excluding carboxylic acids is 2. The number of ether oxygens (including phenoxy) is 1. The Bertz CT molecular complexity index is 524. The van der Waals surface area contributed by atoms with Gasteiger partial charge < -0.3 is 15.0 Å². The van der Waals surface area contributed by atoms with Crippen molar-refractivity contribution in [1.29, 1.82) is 0 Å². The van der Waals surface area contributed by atoms with Gasteiger partial charge in [-0.25, -0.2) is 0 Å². The molecule has 2 amide bonds. The number of carbonyl (C=O) groups is 2. The summed E-state index contributed by atoms with van der Waals surface area (Å²) in [6.45, 7) is 2.05. The van der Waals surface area contributed by atoms with Crippen molar-refractivity contribution in [2.24, 2.45) is 0 Å². The lowest BCUT2D eigenvalue weighted by Crippen LogP contribution is -2.48. The summed E-state index contributed by atoms with van der Waals surface area (Å²) < 4.78 is 5.93. The smallest absolute Gasteiger partial charge is 0.245 e. The number of hydrogen-bond donors (Lipinski definition) is 1. The van der Waals surface area contributed by atoms with Gasteiger partial charge in [0.25, 0.3) is 0 Å². The Balaban J connectivity index is 1.42. The first-order valence-electron chi connectivity index (χ1n) is 7.96. The van der Waals surface area contributed by atoms with Crippen molar-refractivity contribution >= 4 is 11.8 Å². The van der Waals surface area contributed by atoms with E-state index in [4.69, 9.17) is 4.74 Å². The van der Waals surface area contributed by atoms with Crippen LogP contribution in [-0.2, 0) is 20.9 Å². The number of nitrogens with one attached hydrogen (secondary N) is 1. The second kappa shape index (κ2) is 6.92. The maximum Gasteiger partial charge on any atom is 0.245 e. The highest BCUT2D eigenvalue weighted by Gasteiger charge is 2.32. The SMILES string of the molecule is O=C1CCC(C(=O)N2CCC(OCc3ccccc3)CC2)N1. The van der Waals surface area contributed by atoms with E-state index >= 15 is 0 Å². The van der Waals surface area contributed by atoms with Gasteiger partial charge in [-0.05, 0) is 24.8 Å². The highest BCUT2D eigenvalue weighted by atomic mass is 16.5. The maximum atomic E-state index is 12.3. The zero-order valence-corrected chi connectivity index (χ0v) is 12.7. The summed E-state index contributed by atoms with van der Waals surface area (Å²) in [5, 5.41) is 2.75. The van der Waals surface area contributed by atoms with E-state index in [0.717, 1.165) is 12.8 Å². The van der Waals surface area contributed by atoms with E-state index in [1.807, 2.05) is 23.1 Å². The first-order valence-corrected chi connectivity index (χ1v) is 7.96. The molecule has 1 aromatic rings. The Kier molecular flexibility index (Phi) is 4.73. The minimum Gasteiger partial charge on any atom is -0.373 e. The molecule has 2 saturated heterocycles. The van der Waals surface area contributed by atoms with E-state index < -0.39 is 0 Å². The molecule has 2 aliphatic heterocycles. The normalized spacial score (nSPS) is 22.6. The molecule has 1 atom stereocenters. The fourth-order valence-corrected chi connectivity index (χ4v) is 3.05. The summed E-state index contributed by atoms with van der Waals surface area (Å²) in [7, 11) is 0. The summed E-state index contributed by atoms with van der Waals surface area (Å²) in [4.78, 5) is 25.4. The molecule has 0 bridgehead atoms. The third-order valence-electron chi connectivity index (χ3n) is 4.38. The lowest BCUT2D eigenvalue weighted by atomic mass is 10.1. The molecule has 0 saturated carbocycles. The van der Waals surface area contributed by atoms with Crippen LogP contribution in [0, 0.1) is 0 Å². The van der Waals surface area contributed by atoms with Crippen molar-refractivity contribution in [3.63, 3.8) is 0 Å². The number of nitrogens with zero attached hydrogens (tertiary/aromatic N) is 1. The number of amides is 2. The second-order valence-corrected chi connectivity index (χ2v) is 5.98. The zero-order chi connectivity index (χ0) is 15.4. The quantitative estimate of drug-likeness (QED) is 0.916. The fraction of sp³-hybridized carbons (Fsp3) is 0.529. The predicted octanol–water partition coefficient (Wildman–Crippen LogP) is 1.47. The van der Waals surface area contributed by atoms with E-state index in [-0.39, 0.29) is 24.0 Å². The topological polar surface area (TPSA) is 58.6 Å². The molecule has 118 valence electrons. The molecule has 22 heavy (non-hydrogen) atoms. The number of piperidine rings is 1. The van der Waals surface area contributed by atoms with Gasteiger partial charge >= 0.3 is 0 Å². The van der Waals surface area contributed by atoms with Gasteiger partial charge in [0.2, 0.25) is 11.8 Å². The molecule has 2 aliphatic rings. The van der Waals surface area contributed by atoms with Crippen LogP contribution in [0.4, 0.5) is 0 Å². The van der Waals surface area contributed by atoms with Gasteiger partial charge in [-0.15, -0.1) is 0 Å². The number of likely N-dealkylation sites (tertiary alicyclic amines) is 1. The highest BCUT2D eigenvalue weighted by molar-refractivity contribution is 5.90. The second-order valence-electron chi connectivity index (χ2n) is 5.98. The Morgan fingerprint density at radius 1 is 1.18 bits per heavy atom. The lowest BCUT2D eigenvalue weighted by molar-refractivity contribution is -0.137. The van der Waals surface area contributed by atoms with Gasteiger partial charge in [-0.1, -0.05) is 30.3 Å². The van der Waals surface area contributed by atoms with Gasteiger partial charge in [-0.2, -0.15) is 0 Å². The van der Waals surface area contributed by atoms with Crippen molar-refractivity contribution in [2.45, 2.75) is 44.4 Å². The first-order chi connectivity index (χ1) is 10.7. The van der Waals surface area contributed by atoms with Gasteiger partial charge in [0.05, 0.1) is 12.7 Å². The van der Waals surface area contributed by atoms with Crippen LogP contribution >= 0.6 is 0 Å². The fourth-order valence-electron chi connectivity index (χ4n) is 3.05. The molecule has 2 heterocycles. The minimum absolute atomic E-state index is 0.0144. The third-order valence-corrected chi connectivity index (χ3v) is 4.38. The average molecular weight is 302 g/mol. The van der Waals surface area contributed by atoms with Gasteiger partial charge in [-0.3, -0.25) is 9.59 Å². The molecular formula is C17H22N2O3. The summed E-state index contributed by atoms with van der Waals surface area (Å²) in [6, 6.07) is 9.82. The van der Waals surface area contributed by atoms with Gasteiger partial charge in [0, 0.05) is 19.5 Å². The largest absolute Gasteiger partial charge is 0.373 e. The molecule has 5 heteroatoms. The average Bonchev–Trinajstić information content (AvgIpc) is 3.00. The number of benzene rings is 1. The molecule has 2 fully saturated rings. The summed E-state index contributed by atoms with van der Waals surface area (Å²) in [5.74, 6) is 0.0480. The monoisotopic (exact) mass is 302 g/mol. The number of hydrogen-bond acceptors (Lipinski definition) is 3. The van der Waals surface area contributed by atoms with Crippen LogP contribution in [0.5, 0.6) is 0 Å². The van der Waals surface area contributed by atoms with Crippen molar-refractivity contribution in [3.8, 4) is 0 Å². The third kappa shape index (κ3) is 3.65. The summed E-state index contributed by atoms with van der Waals surface area (Å²) >= 11 is 0. The van der Waals surface area contributed by atoms with Crippen LogP contribution in [0.3, 0.4) is 0 Å². The van der Waals surface area contributed by atoms with Crippen molar-refractivity contribution < 1.29 is 14.3 Å². The van der Waals surface area contributed by atoms with Crippen molar-refractivity contribution in [1.82, 2.24) is 10.2 Å². The van der Waals surface area contributed by atoms with Crippen molar-refractivity contribution in [3.05, 3.63) is 35.9 Å². The molecule has 5 nitrogen and oxygen atoms in total. The Labute approximate surface area is 130 Å². The zero-order valence-electron chi connectivity index (χ0n) is 12.7. The van der Waals surface area contributed by atoms with E-state index in [2.05, 4.69) is 17.4 Å². The molecule has 0 aliphatic carbocycles. The number of rotatable bonds is 4. The molecule has 0 spiro atoms. The summed E-state index contributed by atoms with van der Waals surface area (Å²) in [6.07, 6.45) is 3.02. The molecule has 1 aromatic carbocycles. The van der Waals surface area contributed by atoms with Crippen LogP contribution in [-0.4, -0.2) is 41.9 Å². The van der Waals surface area contributed by atoms with Crippen LogP contribution in [0.2, 0.25) is 0 Å². The standard InChI is InChI=1S/C17H22N2O3/c20-16-7-6-15(18-16)17(21)19-10-8-14(9-11-19)22-12-13-4-2-1-3-5-13/h1-5,14-15H,6-12H2,(H,18,20). The maximum absolute atomic E-state index is 12.3. The minimum atomic E-state index is -0.311. The molecule has 1 N–H and O–H groups in total. The molecule has 0 aromatic heterocycles. The first kappa shape index (κ1) is 15.0. The lowest BCUT2D eigenvalue weighted by Gasteiger charge is -2.33. The molecule has 1 unspecified atom stereocenters. The van der Waals surface area contributed by atoms with E-state index in [9.17, 15) is 9.59 Å². The van der Waals surface area contributed by atoms with E-state index in [1.54, 1.807) is 0 Å².